The summed E-state index contributed by atoms with van der Waals surface area (Å²) in [5, 5.41) is 3.47. The van der Waals surface area contributed by atoms with Gasteiger partial charge in [0, 0.05) is 11.7 Å². The third kappa shape index (κ3) is 1.46. The molecule has 0 saturated heterocycles. The second-order valence-electron chi connectivity index (χ2n) is 3.85. The predicted molar refractivity (Wildman–Crippen MR) is 57.9 cm³/mol. The van der Waals surface area contributed by atoms with E-state index in [0.29, 0.717) is 6.04 Å². The van der Waals surface area contributed by atoms with Crippen LogP contribution in [0.15, 0.2) is 23.8 Å². The summed E-state index contributed by atoms with van der Waals surface area (Å²) < 4.78 is 0. The van der Waals surface area contributed by atoms with Crippen LogP contribution in [0.25, 0.3) is 6.08 Å². The van der Waals surface area contributed by atoms with Crippen molar-refractivity contribution in [2.45, 2.75) is 26.8 Å². The summed E-state index contributed by atoms with van der Waals surface area (Å²) in [5.74, 6) is 0. The van der Waals surface area contributed by atoms with E-state index in [-0.39, 0.29) is 0 Å². The molecular formula is C12H15N. The molecule has 1 unspecified atom stereocenters. The number of fused-ring (bicyclic) bond motifs is 1. The standard InChI is InChI=1S/C12H15N/c1-8-4-5-12-11(6-8)7-9(2)10(3)13-12/h4-7,10,13H,1-3H3. The number of aryl methyl sites for hydroxylation is 1. The van der Waals surface area contributed by atoms with E-state index in [1.165, 1.54) is 22.4 Å². The maximum absolute atomic E-state index is 3.47. The van der Waals surface area contributed by atoms with Gasteiger partial charge in [0.1, 0.15) is 0 Å². The van der Waals surface area contributed by atoms with E-state index in [1.54, 1.807) is 0 Å². The van der Waals surface area contributed by atoms with E-state index >= 15 is 0 Å². The molecule has 0 aliphatic carbocycles. The van der Waals surface area contributed by atoms with Crippen LogP contribution in [0.5, 0.6) is 0 Å². The Hall–Kier alpha value is -1.24. The lowest BCUT2D eigenvalue weighted by Gasteiger charge is -2.23. The molecule has 1 nitrogen and oxygen atoms in total. The molecule has 1 aliphatic heterocycles. The van der Waals surface area contributed by atoms with Crippen molar-refractivity contribution < 1.29 is 0 Å². The van der Waals surface area contributed by atoms with Crippen LogP contribution in [-0.2, 0) is 0 Å². The summed E-state index contributed by atoms with van der Waals surface area (Å²) in [6, 6.07) is 6.99. The topological polar surface area (TPSA) is 12.0 Å². The largest absolute Gasteiger partial charge is 0.378 e. The molecule has 0 aromatic heterocycles. The van der Waals surface area contributed by atoms with Crippen LogP contribution in [0.1, 0.15) is 25.0 Å². The molecule has 0 amide bonds. The smallest absolute Gasteiger partial charge is 0.0446 e. The Balaban J connectivity index is 2.51. The Morgan fingerprint density at radius 1 is 1.23 bits per heavy atom. The second-order valence-corrected chi connectivity index (χ2v) is 3.85. The van der Waals surface area contributed by atoms with E-state index < -0.39 is 0 Å². The molecule has 13 heavy (non-hydrogen) atoms. The van der Waals surface area contributed by atoms with E-state index in [4.69, 9.17) is 0 Å². The van der Waals surface area contributed by atoms with Gasteiger partial charge in [0.2, 0.25) is 0 Å². The van der Waals surface area contributed by atoms with Gasteiger partial charge in [-0.25, -0.2) is 0 Å². The molecule has 0 fully saturated rings. The maximum Gasteiger partial charge on any atom is 0.0446 e. The van der Waals surface area contributed by atoms with Gasteiger partial charge < -0.3 is 5.32 Å². The van der Waals surface area contributed by atoms with Crippen molar-refractivity contribution in [3.8, 4) is 0 Å². The fourth-order valence-electron chi connectivity index (χ4n) is 1.65. The summed E-state index contributed by atoms with van der Waals surface area (Å²) in [5.41, 5.74) is 5.29. The van der Waals surface area contributed by atoms with Gasteiger partial charge in [0.15, 0.2) is 0 Å². The molecule has 1 N–H and O–H groups in total. The molecule has 0 bridgehead atoms. The van der Waals surface area contributed by atoms with Crippen LogP contribution in [0, 0.1) is 6.92 Å². The van der Waals surface area contributed by atoms with Crippen molar-refractivity contribution in [1.82, 2.24) is 0 Å². The zero-order valence-electron chi connectivity index (χ0n) is 8.39. The first-order valence-corrected chi connectivity index (χ1v) is 4.72. The third-order valence-electron chi connectivity index (χ3n) is 2.65. The van der Waals surface area contributed by atoms with Crippen molar-refractivity contribution >= 4 is 11.8 Å². The highest BCUT2D eigenvalue weighted by Gasteiger charge is 2.12. The van der Waals surface area contributed by atoms with E-state index in [1.807, 2.05) is 0 Å². The number of hydrogen-bond donors (Lipinski definition) is 1. The molecule has 1 atom stereocenters. The van der Waals surface area contributed by atoms with Crippen LogP contribution < -0.4 is 5.32 Å². The number of benzene rings is 1. The Morgan fingerprint density at radius 2 is 2.00 bits per heavy atom. The Kier molecular flexibility index (Phi) is 1.87. The van der Waals surface area contributed by atoms with Crippen LogP contribution in [0.3, 0.4) is 0 Å². The van der Waals surface area contributed by atoms with Gasteiger partial charge in [0.05, 0.1) is 0 Å². The first-order chi connectivity index (χ1) is 6.16. The van der Waals surface area contributed by atoms with Crippen LogP contribution in [0.4, 0.5) is 5.69 Å². The molecule has 0 radical (unpaired) electrons. The average Bonchev–Trinajstić information content (AvgIpc) is 2.08. The fourth-order valence-corrected chi connectivity index (χ4v) is 1.65. The minimum absolute atomic E-state index is 0.468. The van der Waals surface area contributed by atoms with Crippen molar-refractivity contribution in [3.05, 3.63) is 34.9 Å². The van der Waals surface area contributed by atoms with Crippen LogP contribution in [-0.4, -0.2) is 6.04 Å². The zero-order valence-corrected chi connectivity index (χ0v) is 8.39. The summed E-state index contributed by atoms with van der Waals surface area (Å²) >= 11 is 0. The van der Waals surface area contributed by atoms with Crippen LogP contribution in [0.2, 0.25) is 0 Å². The quantitative estimate of drug-likeness (QED) is 0.635. The highest BCUT2D eigenvalue weighted by molar-refractivity contribution is 5.73. The zero-order chi connectivity index (χ0) is 9.42. The Labute approximate surface area is 79.5 Å². The normalized spacial score (nSPS) is 20.2. The first kappa shape index (κ1) is 8.36. The molecule has 1 heteroatoms. The fraction of sp³-hybridized carbons (Fsp3) is 0.333. The monoisotopic (exact) mass is 173 g/mol. The predicted octanol–water partition coefficient (Wildman–Crippen LogP) is 3.21. The number of nitrogens with one attached hydrogen (secondary N) is 1. The molecule has 2 rings (SSSR count). The summed E-state index contributed by atoms with van der Waals surface area (Å²) in [6.07, 6.45) is 2.27. The second kappa shape index (κ2) is 2.91. The average molecular weight is 173 g/mol. The van der Waals surface area contributed by atoms with E-state index in [2.05, 4.69) is 50.4 Å². The molecule has 1 heterocycles. The SMILES string of the molecule is CC1=Cc2cc(C)ccc2NC1C. The Morgan fingerprint density at radius 3 is 2.77 bits per heavy atom. The molecule has 1 aromatic rings. The van der Waals surface area contributed by atoms with Gasteiger partial charge in [-0.2, -0.15) is 0 Å². The maximum atomic E-state index is 3.47. The lowest BCUT2D eigenvalue weighted by Crippen LogP contribution is -2.20. The molecule has 1 aromatic carbocycles. The highest BCUT2D eigenvalue weighted by atomic mass is 14.9. The first-order valence-electron chi connectivity index (χ1n) is 4.72. The number of anilines is 1. The highest BCUT2D eigenvalue weighted by Crippen LogP contribution is 2.27. The van der Waals surface area contributed by atoms with Gasteiger partial charge in [-0.05, 0) is 38.5 Å². The van der Waals surface area contributed by atoms with Crippen molar-refractivity contribution in [2.24, 2.45) is 0 Å². The third-order valence-corrected chi connectivity index (χ3v) is 2.65. The number of rotatable bonds is 0. The van der Waals surface area contributed by atoms with E-state index in [9.17, 15) is 0 Å². The van der Waals surface area contributed by atoms with Gasteiger partial charge in [-0.1, -0.05) is 23.3 Å². The molecule has 0 saturated carbocycles. The van der Waals surface area contributed by atoms with Crippen molar-refractivity contribution in [2.75, 3.05) is 5.32 Å². The van der Waals surface area contributed by atoms with Gasteiger partial charge in [-0.3, -0.25) is 0 Å². The molecule has 1 aliphatic rings. The van der Waals surface area contributed by atoms with Crippen LogP contribution >= 0.6 is 0 Å². The molecular weight excluding hydrogens is 158 g/mol. The van der Waals surface area contributed by atoms with Crippen molar-refractivity contribution in [3.63, 3.8) is 0 Å². The minimum Gasteiger partial charge on any atom is -0.378 e. The van der Waals surface area contributed by atoms with Gasteiger partial charge in [-0.15, -0.1) is 0 Å². The molecule has 68 valence electrons. The summed E-state index contributed by atoms with van der Waals surface area (Å²) in [4.78, 5) is 0. The Bertz CT molecular complexity index is 363. The lowest BCUT2D eigenvalue weighted by molar-refractivity contribution is 0.920. The summed E-state index contributed by atoms with van der Waals surface area (Å²) in [7, 11) is 0. The molecule has 0 spiro atoms. The van der Waals surface area contributed by atoms with E-state index in [0.717, 1.165) is 0 Å². The summed E-state index contributed by atoms with van der Waals surface area (Å²) in [6.45, 7) is 6.49. The van der Waals surface area contributed by atoms with Gasteiger partial charge >= 0.3 is 0 Å². The van der Waals surface area contributed by atoms with Gasteiger partial charge in [0.25, 0.3) is 0 Å². The van der Waals surface area contributed by atoms with Crippen molar-refractivity contribution in [1.29, 1.82) is 0 Å². The lowest BCUT2D eigenvalue weighted by atomic mass is 9.99. The number of hydrogen-bond acceptors (Lipinski definition) is 1. The minimum atomic E-state index is 0.468.